The Morgan fingerprint density at radius 1 is 1.24 bits per heavy atom. The second-order valence-corrected chi connectivity index (χ2v) is 11.2. The number of hydrogen-bond donors (Lipinski definition) is 0. The predicted octanol–water partition coefficient (Wildman–Crippen LogP) is 4.12. The van der Waals surface area contributed by atoms with Crippen LogP contribution in [0.15, 0.2) is 24.3 Å². The Morgan fingerprint density at radius 2 is 2.00 bits per heavy atom. The molecule has 4 heteroatoms. The number of hydrogen-bond acceptors (Lipinski definition) is 2. The van der Waals surface area contributed by atoms with Gasteiger partial charge in [-0.3, -0.25) is 0 Å². The fraction of sp³-hybridized carbons (Fsp3) is 0.538. The van der Waals surface area contributed by atoms with Gasteiger partial charge in [0.2, 0.25) is 0 Å². The largest absolute Gasteiger partial charge is 0.468 e. The SMILES string of the molecule is C[Si](C)(C)CCOCOc1cccc(CCl)c1. The van der Waals surface area contributed by atoms with Crippen molar-refractivity contribution in [1.29, 1.82) is 0 Å². The monoisotopic (exact) mass is 272 g/mol. The van der Waals surface area contributed by atoms with Crippen LogP contribution in [-0.2, 0) is 10.6 Å². The lowest BCUT2D eigenvalue weighted by atomic mass is 10.2. The lowest BCUT2D eigenvalue weighted by molar-refractivity contribution is 0.0220. The van der Waals surface area contributed by atoms with Crippen molar-refractivity contribution in [2.45, 2.75) is 31.6 Å². The average molecular weight is 273 g/mol. The minimum atomic E-state index is -0.999. The normalized spacial score (nSPS) is 11.5. The maximum Gasteiger partial charge on any atom is 0.189 e. The van der Waals surface area contributed by atoms with E-state index >= 15 is 0 Å². The Morgan fingerprint density at radius 3 is 2.65 bits per heavy atom. The van der Waals surface area contributed by atoms with Crippen molar-refractivity contribution in [3.63, 3.8) is 0 Å². The van der Waals surface area contributed by atoms with Crippen LogP contribution in [-0.4, -0.2) is 21.5 Å². The first-order valence-electron chi connectivity index (χ1n) is 5.87. The molecule has 0 unspecified atom stereocenters. The van der Waals surface area contributed by atoms with Gasteiger partial charge in [-0.05, 0) is 23.7 Å². The smallest absolute Gasteiger partial charge is 0.189 e. The van der Waals surface area contributed by atoms with Crippen molar-refractivity contribution < 1.29 is 9.47 Å². The Labute approximate surface area is 110 Å². The summed E-state index contributed by atoms with van der Waals surface area (Å²) in [5.41, 5.74) is 1.06. The van der Waals surface area contributed by atoms with E-state index in [-0.39, 0.29) is 0 Å². The van der Waals surface area contributed by atoms with Crippen molar-refractivity contribution in [3.8, 4) is 5.75 Å². The summed E-state index contributed by atoms with van der Waals surface area (Å²) in [6, 6.07) is 8.94. The summed E-state index contributed by atoms with van der Waals surface area (Å²) in [6.07, 6.45) is 0. The molecule has 96 valence electrons. The molecule has 1 aromatic carbocycles. The maximum absolute atomic E-state index is 5.75. The minimum Gasteiger partial charge on any atom is -0.468 e. The Hall–Kier alpha value is -0.513. The molecule has 0 spiro atoms. The predicted molar refractivity (Wildman–Crippen MR) is 75.6 cm³/mol. The summed E-state index contributed by atoms with van der Waals surface area (Å²) >= 11 is 5.75. The van der Waals surface area contributed by atoms with Crippen LogP contribution in [0.3, 0.4) is 0 Å². The molecule has 1 rings (SSSR count). The molecule has 2 nitrogen and oxygen atoms in total. The highest BCUT2D eigenvalue weighted by molar-refractivity contribution is 6.76. The Bertz CT molecular complexity index is 336. The van der Waals surface area contributed by atoms with Crippen LogP contribution in [0.4, 0.5) is 0 Å². The summed E-state index contributed by atoms with van der Waals surface area (Å²) in [5, 5.41) is 0. The van der Waals surface area contributed by atoms with E-state index < -0.39 is 8.07 Å². The van der Waals surface area contributed by atoms with E-state index in [1.54, 1.807) is 0 Å². The molecule has 0 aromatic heterocycles. The van der Waals surface area contributed by atoms with Gasteiger partial charge in [0.05, 0.1) is 0 Å². The van der Waals surface area contributed by atoms with Crippen LogP contribution in [0.5, 0.6) is 5.75 Å². The van der Waals surface area contributed by atoms with Crippen LogP contribution in [0, 0.1) is 0 Å². The van der Waals surface area contributed by atoms with E-state index in [4.69, 9.17) is 21.1 Å². The van der Waals surface area contributed by atoms with Crippen molar-refractivity contribution >= 4 is 19.7 Å². The van der Waals surface area contributed by atoms with Gasteiger partial charge >= 0.3 is 0 Å². The first-order chi connectivity index (χ1) is 8.01. The van der Waals surface area contributed by atoms with Crippen molar-refractivity contribution in [3.05, 3.63) is 29.8 Å². The van der Waals surface area contributed by atoms with Gasteiger partial charge in [0.25, 0.3) is 0 Å². The quantitative estimate of drug-likeness (QED) is 0.322. The number of rotatable bonds is 7. The van der Waals surface area contributed by atoms with Crippen LogP contribution in [0.1, 0.15) is 5.56 Å². The zero-order valence-electron chi connectivity index (χ0n) is 10.8. The molecule has 0 saturated heterocycles. The molecule has 0 fully saturated rings. The van der Waals surface area contributed by atoms with E-state index in [2.05, 4.69) is 19.6 Å². The summed E-state index contributed by atoms with van der Waals surface area (Å²) in [4.78, 5) is 0. The second-order valence-electron chi connectivity index (χ2n) is 5.26. The molecule has 0 bridgehead atoms. The number of halogens is 1. The van der Waals surface area contributed by atoms with Gasteiger partial charge in [-0.2, -0.15) is 0 Å². The van der Waals surface area contributed by atoms with E-state index in [1.807, 2.05) is 24.3 Å². The molecule has 17 heavy (non-hydrogen) atoms. The molecule has 0 atom stereocenters. The number of ether oxygens (including phenoxy) is 2. The van der Waals surface area contributed by atoms with Crippen molar-refractivity contribution in [2.24, 2.45) is 0 Å². The molecule has 0 heterocycles. The summed E-state index contributed by atoms with van der Waals surface area (Å²) in [7, 11) is -0.999. The molecule has 0 amide bonds. The van der Waals surface area contributed by atoms with Gasteiger partial charge in [-0.1, -0.05) is 31.8 Å². The lowest BCUT2D eigenvalue weighted by Gasteiger charge is -2.15. The molecular weight excluding hydrogens is 252 g/mol. The standard InChI is InChI=1S/C13H21ClO2Si/c1-17(2,3)8-7-15-11-16-13-6-4-5-12(9-13)10-14/h4-6,9H,7-8,10-11H2,1-3H3. The molecule has 0 aliphatic heterocycles. The molecule has 0 aliphatic carbocycles. The summed E-state index contributed by atoms with van der Waals surface area (Å²) in [6.45, 7) is 8.10. The first kappa shape index (κ1) is 14.5. The highest BCUT2D eigenvalue weighted by Gasteiger charge is 2.11. The van der Waals surface area contributed by atoms with E-state index in [9.17, 15) is 0 Å². The Kier molecular flexibility index (Phi) is 6.02. The van der Waals surface area contributed by atoms with Gasteiger partial charge in [-0.15, -0.1) is 11.6 Å². The zero-order chi connectivity index (χ0) is 12.7. The first-order valence-corrected chi connectivity index (χ1v) is 10.1. The summed E-state index contributed by atoms with van der Waals surface area (Å²) in [5.74, 6) is 1.32. The molecule has 1 aromatic rings. The van der Waals surface area contributed by atoms with Crippen LogP contribution in [0.25, 0.3) is 0 Å². The third-order valence-corrected chi connectivity index (χ3v) is 4.37. The van der Waals surface area contributed by atoms with Gasteiger partial charge in [0.15, 0.2) is 6.79 Å². The second kappa shape index (κ2) is 7.04. The third kappa shape index (κ3) is 6.71. The number of alkyl halides is 1. The van der Waals surface area contributed by atoms with Crippen LogP contribution in [0.2, 0.25) is 25.7 Å². The fourth-order valence-corrected chi connectivity index (χ4v) is 2.19. The van der Waals surface area contributed by atoms with Crippen molar-refractivity contribution in [1.82, 2.24) is 0 Å². The Balaban J connectivity index is 2.22. The van der Waals surface area contributed by atoms with Gasteiger partial charge in [-0.25, -0.2) is 0 Å². The molecular formula is C13H21ClO2Si. The fourth-order valence-electron chi connectivity index (χ4n) is 1.27. The van der Waals surface area contributed by atoms with Gasteiger partial charge in [0, 0.05) is 20.6 Å². The van der Waals surface area contributed by atoms with Crippen molar-refractivity contribution in [2.75, 3.05) is 13.4 Å². The third-order valence-electron chi connectivity index (χ3n) is 2.36. The van der Waals surface area contributed by atoms with Gasteiger partial charge in [0.1, 0.15) is 5.75 Å². The molecule has 0 radical (unpaired) electrons. The van der Waals surface area contributed by atoms with Crippen LogP contribution < -0.4 is 4.74 Å². The van der Waals surface area contributed by atoms with E-state index in [0.29, 0.717) is 12.7 Å². The van der Waals surface area contributed by atoms with Gasteiger partial charge < -0.3 is 9.47 Å². The molecule has 0 aliphatic rings. The van der Waals surface area contributed by atoms with E-state index in [1.165, 1.54) is 0 Å². The zero-order valence-corrected chi connectivity index (χ0v) is 12.6. The minimum absolute atomic E-state index is 0.316. The lowest BCUT2D eigenvalue weighted by Crippen LogP contribution is -2.22. The highest BCUT2D eigenvalue weighted by Crippen LogP contribution is 2.15. The van der Waals surface area contributed by atoms with Crippen LogP contribution >= 0.6 is 11.6 Å². The number of benzene rings is 1. The average Bonchev–Trinajstić information content (AvgIpc) is 2.27. The van der Waals surface area contributed by atoms with E-state index in [0.717, 1.165) is 24.0 Å². The topological polar surface area (TPSA) is 18.5 Å². The summed E-state index contributed by atoms with van der Waals surface area (Å²) < 4.78 is 11.0. The molecule has 0 saturated carbocycles. The maximum atomic E-state index is 5.75. The molecule has 0 N–H and O–H groups in total. The highest BCUT2D eigenvalue weighted by atomic mass is 35.5.